The number of hydrogen-bond donors (Lipinski definition) is 3. The molecule has 0 bridgehead atoms. The number of anilines is 2. The standard InChI is InChI=1S/C40H43N5O6/c1-8-51-35-16-15-32(31-13-10-26(20-33(31)24(2)46)38(47)43-23-40(3,4)5)36(45-35)39(48)44-28-11-14-30-25(19-28)17-18-41-37(30)42-22-27-9-12-29(49-6)21-34(27)50-7/h9-21H,8,22-23H2,1-7H3,(H,41,42)(H,43,47)(H,44,48). The Morgan fingerprint density at radius 1 is 0.843 bits per heavy atom. The number of Topliss-reactive ketones (excluding diaryl/α,β-unsaturated/α-hetero) is 1. The first-order valence-electron chi connectivity index (χ1n) is 16.6. The number of carbonyl (C=O) groups excluding carboxylic acids is 3. The molecule has 11 nitrogen and oxygen atoms in total. The van der Waals surface area contributed by atoms with Crippen LogP contribution in [0, 0.1) is 5.41 Å². The number of nitrogens with zero attached hydrogens (tertiary/aromatic N) is 2. The van der Waals surface area contributed by atoms with Crippen LogP contribution >= 0.6 is 0 Å². The number of nitrogens with one attached hydrogen (secondary N) is 3. The molecule has 5 rings (SSSR count). The van der Waals surface area contributed by atoms with Crippen molar-refractivity contribution in [2.75, 3.05) is 38.0 Å². The van der Waals surface area contributed by atoms with Crippen LogP contribution in [0.25, 0.3) is 21.9 Å². The summed E-state index contributed by atoms with van der Waals surface area (Å²) < 4.78 is 16.5. The highest BCUT2D eigenvalue weighted by molar-refractivity contribution is 6.11. The number of ether oxygens (including phenoxy) is 3. The third-order valence-electron chi connectivity index (χ3n) is 8.07. The lowest BCUT2D eigenvalue weighted by molar-refractivity contribution is 0.0938. The third-order valence-corrected chi connectivity index (χ3v) is 8.07. The quantitative estimate of drug-likeness (QED) is 0.107. The predicted molar refractivity (Wildman–Crippen MR) is 199 cm³/mol. The van der Waals surface area contributed by atoms with E-state index in [1.165, 1.54) is 6.92 Å². The Morgan fingerprint density at radius 3 is 2.33 bits per heavy atom. The third kappa shape index (κ3) is 8.80. The van der Waals surface area contributed by atoms with E-state index in [1.807, 2.05) is 64.1 Å². The van der Waals surface area contributed by atoms with E-state index in [4.69, 9.17) is 14.2 Å². The molecular weight excluding hydrogens is 646 g/mol. The van der Waals surface area contributed by atoms with E-state index in [0.29, 0.717) is 65.0 Å². The number of amides is 2. The first kappa shape index (κ1) is 36.3. The molecule has 3 N–H and O–H groups in total. The first-order chi connectivity index (χ1) is 24.4. The van der Waals surface area contributed by atoms with Gasteiger partial charge in [0.05, 0.1) is 20.8 Å². The molecule has 0 unspecified atom stereocenters. The van der Waals surface area contributed by atoms with Crippen molar-refractivity contribution in [3.8, 4) is 28.5 Å². The maximum absolute atomic E-state index is 13.9. The maximum atomic E-state index is 13.9. The van der Waals surface area contributed by atoms with E-state index in [1.54, 1.807) is 56.8 Å². The number of fused-ring (bicyclic) bond motifs is 1. The van der Waals surface area contributed by atoms with Crippen molar-refractivity contribution >= 4 is 39.9 Å². The highest BCUT2D eigenvalue weighted by atomic mass is 16.5. The van der Waals surface area contributed by atoms with Gasteiger partial charge in [-0.3, -0.25) is 14.4 Å². The van der Waals surface area contributed by atoms with Gasteiger partial charge in [0.15, 0.2) is 5.78 Å². The molecule has 0 aliphatic carbocycles. The molecule has 51 heavy (non-hydrogen) atoms. The molecule has 2 heterocycles. The van der Waals surface area contributed by atoms with Crippen molar-refractivity contribution in [2.45, 2.75) is 41.2 Å². The van der Waals surface area contributed by atoms with Gasteiger partial charge in [0.25, 0.3) is 11.8 Å². The van der Waals surface area contributed by atoms with Crippen molar-refractivity contribution in [2.24, 2.45) is 5.41 Å². The number of aromatic nitrogens is 2. The Hall–Kier alpha value is -5.97. The van der Waals surface area contributed by atoms with Gasteiger partial charge in [-0.25, -0.2) is 9.97 Å². The van der Waals surface area contributed by atoms with E-state index in [0.717, 1.165) is 16.3 Å². The van der Waals surface area contributed by atoms with Gasteiger partial charge in [0.1, 0.15) is 23.0 Å². The molecule has 0 fully saturated rings. The number of rotatable bonds is 13. The molecule has 0 radical (unpaired) electrons. The average molecular weight is 690 g/mol. The lowest BCUT2D eigenvalue weighted by Gasteiger charge is -2.19. The molecule has 0 aliphatic rings. The molecular formula is C40H43N5O6. The summed E-state index contributed by atoms with van der Waals surface area (Å²) in [4.78, 5) is 48.9. The molecule has 5 aromatic rings. The van der Waals surface area contributed by atoms with Crippen LogP contribution in [0.15, 0.2) is 79.0 Å². The summed E-state index contributed by atoms with van der Waals surface area (Å²) in [6.45, 7) is 10.6. The van der Waals surface area contributed by atoms with Crippen molar-refractivity contribution in [3.05, 3.63) is 101 Å². The first-order valence-corrected chi connectivity index (χ1v) is 16.6. The summed E-state index contributed by atoms with van der Waals surface area (Å²) in [5, 5.41) is 11.0. The molecule has 2 aromatic heterocycles. The monoisotopic (exact) mass is 689 g/mol. The number of methoxy groups -OCH3 is 2. The van der Waals surface area contributed by atoms with Gasteiger partial charge in [-0.15, -0.1) is 0 Å². The van der Waals surface area contributed by atoms with Gasteiger partial charge in [0.2, 0.25) is 5.88 Å². The zero-order valence-electron chi connectivity index (χ0n) is 30.0. The number of pyridine rings is 2. The largest absolute Gasteiger partial charge is 0.497 e. The Labute approximate surface area is 297 Å². The van der Waals surface area contributed by atoms with E-state index >= 15 is 0 Å². The van der Waals surface area contributed by atoms with Crippen LogP contribution in [-0.2, 0) is 6.54 Å². The Bertz CT molecular complexity index is 2090. The van der Waals surface area contributed by atoms with Crippen LogP contribution in [0.5, 0.6) is 17.4 Å². The van der Waals surface area contributed by atoms with Crippen LogP contribution in [0.4, 0.5) is 11.5 Å². The van der Waals surface area contributed by atoms with Gasteiger partial charge >= 0.3 is 0 Å². The second-order valence-electron chi connectivity index (χ2n) is 13.1. The van der Waals surface area contributed by atoms with Crippen molar-refractivity contribution in [1.29, 1.82) is 0 Å². The molecule has 0 saturated heterocycles. The topological polar surface area (TPSA) is 141 Å². The Morgan fingerprint density at radius 2 is 1.63 bits per heavy atom. The van der Waals surface area contributed by atoms with Gasteiger partial charge < -0.3 is 30.2 Å². The molecule has 0 saturated carbocycles. The highest BCUT2D eigenvalue weighted by Gasteiger charge is 2.22. The molecule has 11 heteroatoms. The summed E-state index contributed by atoms with van der Waals surface area (Å²) >= 11 is 0. The lowest BCUT2D eigenvalue weighted by atomic mass is 9.93. The average Bonchev–Trinajstić information content (AvgIpc) is 3.12. The second kappa shape index (κ2) is 15.7. The normalized spacial score (nSPS) is 11.1. The fraction of sp³-hybridized carbons (Fsp3) is 0.275. The van der Waals surface area contributed by atoms with Crippen molar-refractivity contribution in [1.82, 2.24) is 15.3 Å². The minimum Gasteiger partial charge on any atom is -0.497 e. The van der Waals surface area contributed by atoms with Gasteiger partial charge in [-0.1, -0.05) is 26.8 Å². The minimum atomic E-state index is -0.494. The van der Waals surface area contributed by atoms with E-state index in [-0.39, 0.29) is 28.7 Å². The fourth-order valence-electron chi connectivity index (χ4n) is 5.48. The summed E-state index contributed by atoms with van der Waals surface area (Å²) in [7, 11) is 3.22. The maximum Gasteiger partial charge on any atom is 0.275 e. The Balaban J connectivity index is 1.43. The summed E-state index contributed by atoms with van der Waals surface area (Å²) in [6.07, 6.45) is 1.70. The number of carbonyl (C=O) groups is 3. The molecule has 264 valence electrons. The van der Waals surface area contributed by atoms with E-state index in [9.17, 15) is 14.4 Å². The van der Waals surface area contributed by atoms with Crippen molar-refractivity contribution in [3.63, 3.8) is 0 Å². The summed E-state index contributed by atoms with van der Waals surface area (Å²) in [5.74, 6) is 1.30. The van der Waals surface area contributed by atoms with Crippen LogP contribution in [0.3, 0.4) is 0 Å². The molecule has 0 aliphatic heterocycles. The van der Waals surface area contributed by atoms with Gasteiger partial charge in [0, 0.05) is 64.7 Å². The molecule has 0 spiro atoms. The smallest absolute Gasteiger partial charge is 0.275 e. The Kier molecular flexibility index (Phi) is 11.2. The van der Waals surface area contributed by atoms with E-state index in [2.05, 4.69) is 25.9 Å². The summed E-state index contributed by atoms with van der Waals surface area (Å²) in [5.41, 5.74) is 2.97. The summed E-state index contributed by atoms with van der Waals surface area (Å²) in [6, 6.07) is 21.3. The van der Waals surface area contributed by atoms with Crippen LogP contribution in [0.1, 0.15) is 71.4 Å². The predicted octanol–water partition coefficient (Wildman–Crippen LogP) is 7.56. The molecule has 2 amide bonds. The highest BCUT2D eigenvalue weighted by Crippen LogP contribution is 2.32. The minimum absolute atomic E-state index is 0.0685. The van der Waals surface area contributed by atoms with Gasteiger partial charge in [-0.05, 0) is 84.8 Å². The zero-order chi connectivity index (χ0) is 36.7. The lowest BCUT2D eigenvalue weighted by Crippen LogP contribution is -2.32. The second-order valence-corrected chi connectivity index (χ2v) is 13.1. The van der Waals surface area contributed by atoms with Crippen molar-refractivity contribution < 1.29 is 28.6 Å². The fourth-order valence-corrected chi connectivity index (χ4v) is 5.48. The number of benzene rings is 3. The van der Waals surface area contributed by atoms with E-state index < -0.39 is 5.91 Å². The molecule has 3 aromatic carbocycles. The number of ketones is 1. The zero-order valence-corrected chi connectivity index (χ0v) is 30.0. The van der Waals surface area contributed by atoms with Gasteiger partial charge in [-0.2, -0.15) is 0 Å². The van der Waals surface area contributed by atoms with Crippen LogP contribution in [-0.4, -0.2) is 54.9 Å². The number of hydrogen-bond acceptors (Lipinski definition) is 9. The van der Waals surface area contributed by atoms with Crippen LogP contribution in [0.2, 0.25) is 0 Å². The molecule has 0 atom stereocenters. The van der Waals surface area contributed by atoms with Crippen LogP contribution < -0.4 is 30.2 Å². The SMILES string of the molecule is CCOc1ccc(-c2ccc(C(=O)NCC(C)(C)C)cc2C(C)=O)c(C(=O)Nc2ccc3c(NCc4ccc(OC)cc4OC)nccc3c2)n1.